The standard InChI is InChI=1S/C8H16.Li.H/c1-2-8-6-4-3-5-7-8;;/h8H,2-7H2,1H3;;/q;+1;-1. The first-order chi connectivity index (χ1) is 3.93. The summed E-state index contributed by atoms with van der Waals surface area (Å²) < 4.78 is 0. The van der Waals surface area contributed by atoms with E-state index >= 15 is 0 Å². The zero-order valence-corrected chi connectivity index (χ0v) is 6.82. The minimum Gasteiger partial charge on any atom is -1.00 e. The Bertz CT molecular complexity index is 60.3. The Morgan fingerprint density at radius 3 is 2.11 bits per heavy atom. The fraction of sp³-hybridized carbons (Fsp3) is 1.00. The minimum atomic E-state index is 0. The number of rotatable bonds is 1. The van der Waals surface area contributed by atoms with Crippen LogP contribution < -0.4 is 18.9 Å². The van der Waals surface area contributed by atoms with Crippen molar-refractivity contribution in [3.63, 3.8) is 0 Å². The molecule has 0 atom stereocenters. The van der Waals surface area contributed by atoms with Gasteiger partial charge in [-0.15, -0.1) is 0 Å². The van der Waals surface area contributed by atoms with Crippen molar-refractivity contribution in [2.24, 2.45) is 5.92 Å². The second kappa shape index (κ2) is 5.39. The molecule has 1 rings (SSSR count). The normalized spacial score (nSPS) is 21.0. The molecule has 50 valence electrons. The molecule has 0 aliphatic heterocycles. The van der Waals surface area contributed by atoms with Gasteiger partial charge in [-0.05, 0) is 5.92 Å². The third kappa shape index (κ3) is 3.33. The molecule has 0 aromatic heterocycles. The second-order valence-corrected chi connectivity index (χ2v) is 2.91. The van der Waals surface area contributed by atoms with Gasteiger partial charge in [-0.1, -0.05) is 45.4 Å². The zero-order valence-electron chi connectivity index (χ0n) is 7.82. The third-order valence-electron chi connectivity index (χ3n) is 2.30. The average molecular weight is 120 g/mol. The van der Waals surface area contributed by atoms with E-state index in [0.717, 1.165) is 5.92 Å². The van der Waals surface area contributed by atoms with E-state index in [-0.39, 0.29) is 20.3 Å². The van der Waals surface area contributed by atoms with Crippen molar-refractivity contribution in [2.75, 3.05) is 0 Å². The Hall–Kier alpha value is 0.597. The molecular weight excluding hydrogens is 103 g/mol. The maximum absolute atomic E-state index is 2.32. The van der Waals surface area contributed by atoms with Crippen LogP contribution in [0.4, 0.5) is 0 Å². The Morgan fingerprint density at radius 2 is 1.78 bits per heavy atom. The quantitative estimate of drug-likeness (QED) is 0.430. The first kappa shape index (κ1) is 9.60. The van der Waals surface area contributed by atoms with Crippen LogP contribution in [0.2, 0.25) is 0 Å². The van der Waals surface area contributed by atoms with Crippen molar-refractivity contribution in [1.29, 1.82) is 0 Å². The van der Waals surface area contributed by atoms with Crippen LogP contribution in [0, 0.1) is 5.92 Å². The molecule has 0 radical (unpaired) electrons. The van der Waals surface area contributed by atoms with Gasteiger partial charge in [-0.25, -0.2) is 0 Å². The van der Waals surface area contributed by atoms with Crippen LogP contribution in [-0.2, 0) is 0 Å². The molecule has 0 bridgehead atoms. The van der Waals surface area contributed by atoms with Crippen LogP contribution in [0.1, 0.15) is 46.9 Å². The summed E-state index contributed by atoms with van der Waals surface area (Å²) in [4.78, 5) is 0. The number of hydrogen-bond donors (Lipinski definition) is 0. The predicted octanol–water partition coefficient (Wildman–Crippen LogP) is 0.0932. The van der Waals surface area contributed by atoms with E-state index < -0.39 is 0 Å². The molecule has 0 spiro atoms. The summed E-state index contributed by atoms with van der Waals surface area (Å²) in [6.07, 6.45) is 8.93. The van der Waals surface area contributed by atoms with Gasteiger partial charge < -0.3 is 1.43 Å². The molecule has 0 aromatic rings. The predicted molar refractivity (Wildman–Crippen MR) is 38.0 cm³/mol. The van der Waals surface area contributed by atoms with E-state index in [1.807, 2.05) is 0 Å². The van der Waals surface area contributed by atoms with E-state index in [0.29, 0.717) is 0 Å². The van der Waals surface area contributed by atoms with Crippen molar-refractivity contribution >= 4 is 0 Å². The minimum absolute atomic E-state index is 0. The molecule has 1 fully saturated rings. The molecule has 0 heterocycles. The van der Waals surface area contributed by atoms with Crippen LogP contribution in [0.3, 0.4) is 0 Å². The van der Waals surface area contributed by atoms with Crippen LogP contribution in [0.5, 0.6) is 0 Å². The maximum atomic E-state index is 2.32. The molecule has 0 unspecified atom stereocenters. The van der Waals surface area contributed by atoms with Crippen LogP contribution in [-0.4, -0.2) is 0 Å². The summed E-state index contributed by atoms with van der Waals surface area (Å²) >= 11 is 0. The Morgan fingerprint density at radius 1 is 1.22 bits per heavy atom. The van der Waals surface area contributed by atoms with Crippen molar-refractivity contribution in [3.05, 3.63) is 0 Å². The summed E-state index contributed by atoms with van der Waals surface area (Å²) in [5.74, 6) is 1.09. The molecule has 0 nitrogen and oxygen atoms in total. The molecule has 0 N–H and O–H groups in total. The SMILES string of the molecule is CCC1CCCCC1.[H-].[Li+]. The monoisotopic (exact) mass is 120 g/mol. The fourth-order valence-electron chi connectivity index (χ4n) is 1.60. The smallest absolute Gasteiger partial charge is 1.00 e. The third-order valence-corrected chi connectivity index (χ3v) is 2.30. The molecule has 1 saturated carbocycles. The van der Waals surface area contributed by atoms with Crippen molar-refractivity contribution in [2.45, 2.75) is 45.4 Å². The van der Waals surface area contributed by atoms with Gasteiger partial charge in [-0.3, -0.25) is 0 Å². The van der Waals surface area contributed by atoms with E-state index in [9.17, 15) is 0 Å². The van der Waals surface area contributed by atoms with E-state index in [1.54, 1.807) is 0 Å². The second-order valence-electron chi connectivity index (χ2n) is 2.91. The topological polar surface area (TPSA) is 0 Å². The van der Waals surface area contributed by atoms with Gasteiger partial charge in [0.1, 0.15) is 0 Å². The van der Waals surface area contributed by atoms with Gasteiger partial charge in [0.15, 0.2) is 0 Å². The van der Waals surface area contributed by atoms with E-state index in [2.05, 4.69) is 6.92 Å². The molecule has 1 heteroatoms. The molecule has 1 aliphatic carbocycles. The van der Waals surface area contributed by atoms with Gasteiger partial charge in [-0.2, -0.15) is 0 Å². The van der Waals surface area contributed by atoms with Crippen molar-refractivity contribution in [1.82, 2.24) is 0 Å². The largest absolute Gasteiger partial charge is 1.00 e. The Labute approximate surface area is 72.1 Å². The first-order valence-corrected chi connectivity index (χ1v) is 3.93. The van der Waals surface area contributed by atoms with E-state index in [4.69, 9.17) is 0 Å². The fourth-order valence-corrected chi connectivity index (χ4v) is 1.60. The Kier molecular flexibility index (Phi) is 5.75. The summed E-state index contributed by atoms with van der Waals surface area (Å²) in [7, 11) is 0. The summed E-state index contributed by atoms with van der Waals surface area (Å²) in [5, 5.41) is 0. The maximum Gasteiger partial charge on any atom is 1.00 e. The van der Waals surface area contributed by atoms with E-state index in [1.165, 1.54) is 38.5 Å². The number of hydrogen-bond acceptors (Lipinski definition) is 0. The van der Waals surface area contributed by atoms with Crippen molar-refractivity contribution < 1.29 is 20.3 Å². The van der Waals surface area contributed by atoms with Gasteiger partial charge in [0.2, 0.25) is 0 Å². The first-order valence-electron chi connectivity index (χ1n) is 3.93. The van der Waals surface area contributed by atoms with Crippen LogP contribution >= 0.6 is 0 Å². The van der Waals surface area contributed by atoms with Gasteiger partial charge >= 0.3 is 18.9 Å². The van der Waals surface area contributed by atoms with Gasteiger partial charge in [0.25, 0.3) is 0 Å². The molecule has 1 aliphatic rings. The van der Waals surface area contributed by atoms with Gasteiger partial charge in [0.05, 0.1) is 0 Å². The molecule has 0 amide bonds. The summed E-state index contributed by atoms with van der Waals surface area (Å²) in [6.45, 7) is 2.32. The zero-order chi connectivity index (χ0) is 5.82. The summed E-state index contributed by atoms with van der Waals surface area (Å²) in [6, 6.07) is 0. The van der Waals surface area contributed by atoms with Crippen LogP contribution in [0.15, 0.2) is 0 Å². The molecular formula is C8H17Li. The van der Waals surface area contributed by atoms with Gasteiger partial charge in [0, 0.05) is 0 Å². The summed E-state index contributed by atoms with van der Waals surface area (Å²) in [5.41, 5.74) is 0. The Balaban J connectivity index is 0. The molecule has 9 heavy (non-hydrogen) atoms. The van der Waals surface area contributed by atoms with Crippen LogP contribution in [0.25, 0.3) is 0 Å². The van der Waals surface area contributed by atoms with Crippen molar-refractivity contribution in [3.8, 4) is 0 Å². The molecule has 0 saturated heterocycles. The average Bonchev–Trinajstić information content (AvgIpc) is 1.90. The molecule has 0 aromatic carbocycles.